The smallest absolute Gasteiger partial charge is 0.289 e. The lowest BCUT2D eigenvalue weighted by Gasteiger charge is -2.31. The van der Waals surface area contributed by atoms with E-state index in [2.05, 4.69) is 18.8 Å². The molecule has 3 aliphatic rings. The standard InChI is InChI=1S/C31H41FN4O6/c1-5-9-31(4,32)26-25-24(42-28(26)29(38)33-15-21-18-40-12-13-41-21)14-19(3)22-17-36(34-27(22)25)16-20-7-10-35(11-8-20)30(39)23(37)6-2/h5,17,19-21H,1,6-16,18H2,2-4H3,(H,33,38)/t19-,21-,31?/m1/s1. The molecule has 11 heteroatoms. The van der Waals surface area contributed by atoms with Crippen LogP contribution in [0, 0.1) is 5.92 Å². The van der Waals surface area contributed by atoms with Crippen LogP contribution in [0.4, 0.5) is 4.39 Å². The highest BCUT2D eigenvalue weighted by molar-refractivity contribution is 6.35. The van der Waals surface area contributed by atoms with Crippen LogP contribution in [0.1, 0.15) is 79.8 Å². The zero-order chi connectivity index (χ0) is 30.0. The molecule has 2 aliphatic heterocycles. The maximum absolute atomic E-state index is 16.4. The van der Waals surface area contributed by atoms with E-state index in [1.807, 2.05) is 10.9 Å². The number of carbonyl (C=O) groups excluding carboxylic acids is 3. The lowest BCUT2D eigenvalue weighted by Crippen LogP contribution is -2.42. The Kier molecular flexibility index (Phi) is 8.98. The van der Waals surface area contributed by atoms with Gasteiger partial charge in [-0.2, -0.15) is 5.10 Å². The number of hydrogen-bond donors (Lipinski definition) is 1. The number of likely N-dealkylation sites (tertiary alicyclic amines) is 1. The second-order valence-corrected chi connectivity index (χ2v) is 11.8. The van der Waals surface area contributed by atoms with Crippen LogP contribution in [0.15, 0.2) is 23.3 Å². The van der Waals surface area contributed by atoms with Gasteiger partial charge in [0.25, 0.3) is 11.8 Å². The normalized spacial score (nSPS) is 22.1. The van der Waals surface area contributed by atoms with Crippen molar-refractivity contribution in [2.75, 3.05) is 39.5 Å². The minimum Gasteiger partial charge on any atom is -0.455 e. The monoisotopic (exact) mass is 584 g/mol. The topological polar surface area (TPSA) is 116 Å². The summed E-state index contributed by atoms with van der Waals surface area (Å²) in [5, 5.41) is 7.76. The second-order valence-electron chi connectivity index (χ2n) is 11.8. The maximum atomic E-state index is 16.4. The summed E-state index contributed by atoms with van der Waals surface area (Å²) in [6.45, 7) is 12.3. The number of ketones is 1. The number of piperidine rings is 1. The molecule has 0 spiro atoms. The molecule has 228 valence electrons. The molecule has 1 unspecified atom stereocenters. The number of aromatic nitrogens is 2. The Hall–Kier alpha value is -3.31. The van der Waals surface area contributed by atoms with Crippen LogP contribution in [-0.4, -0.2) is 77.8 Å². The Morgan fingerprint density at radius 1 is 1.26 bits per heavy atom. The first-order valence-electron chi connectivity index (χ1n) is 15.0. The predicted octanol–water partition coefficient (Wildman–Crippen LogP) is 3.93. The zero-order valence-corrected chi connectivity index (χ0v) is 24.7. The first kappa shape index (κ1) is 30.2. The van der Waals surface area contributed by atoms with Crippen molar-refractivity contribution in [3.8, 4) is 11.3 Å². The van der Waals surface area contributed by atoms with E-state index in [9.17, 15) is 14.4 Å². The van der Waals surface area contributed by atoms with Crippen LogP contribution in [0.2, 0.25) is 0 Å². The number of halogens is 1. The van der Waals surface area contributed by atoms with E-state index in [0.717, 1.165) is 18.4 Å². The molecule has 2 aromatic rings. The molecule has 2 amide bonds. The first-order chi connectivity index (χ1) is 20.1. The van der Waals surface area contributed by atoms with Crippen LogP contribution in [0.25, 0.3) is 11.3 Å². The minimum absolute atomic E-state index is 0.00224. The van der Waals surface area contributed by atoms with Gasteiger partial charge in [0, 0.05) is 57.2 Å². The van der Waals surface area contributed by atoms with Gasteiger partial charge in [0.05, 0.1) is 42.7 Å². The van der Waals surface area contributed by atoms with Crippen molar-refractivity contribution < 1.29 is 32.7 Å². The third kappa shape index (κ3) is 6.08. The van der Waals surface area contributed by atoms with Crippen LogP contribution in [0.5, 0.6) is 0 Å². The Labute approximate surface area is 245 Å². The number of alkyl halides is 1. The second kappa shape index (κ2) is 12.5. The number of fused-ring (bicyclic) bond motifs is 3. The van der Waals surface area contributed by atoms with Gasteiger partial charge in [-0.05, 0) is 31.6 Å². The Morgan fingerprint density at radius 2 is 2.02 bits per heavy atom. The van der Waals surface area contributed by atoms with E-state index < -0.39 is 17.5 Å². The van der Waals surface area contributed by atoms with Gasteiger partial charge in [-0.3, -0.25) is 19.1 Å². The van der Waals surface area contributed by atoms with Gasteiger partial charge in [-0.15, -0.1) is 6.58 Å². The van der Waals surface area contributed by atoms with Gasteiger partial charge in [-0.1, -0.05) is 19.9 Å². The van der Waals surface area contributed by atoms with Gasteiger partial charge >= 0.3 is 0 Å². The number of nitrogens with zero attached hydrogens (tertiary/aromatic N) is 3. The molecule has 2 saturated heterocycles. The van der Waals surface area contributed by atoms with Crippen molar-refractivity contribution in [1.29, 1.82) is 0 Å². The van der Waals surface area contributed by atoms with Crippen molar-refractivity contribution in [2.45, 2.75) is 77.1 Å². The van der Waals surface area contributed by atoms with Crippen LogP contribution >= 0.6 is 0 Å². The molecule has 4 heterocycles. The molecule has 10 nitrogen and oxygen atoms in total. The highest BCUT2D eigenvalue weighted by Crippen LogP contribution is 2.48. The summed E-state index contributed by atoms with van der Waals surface area (Å²) in [6.07, 6.45) is 5.52. The van der Waals surface area contributed by atoms with E-state index in [4.69, 9.17) is 19.0 Å². The van der Waals surface area contributed by atoms with E-state index >= 15 is 4.39 Å². The van der Waals surface area contributed by atoms with Crippen molar-refractivity contribution in [3.63, 3.8) is 0 Å². The number of furan rings is 1. The molecule has 5 rings (SSSR count). The first-order valence-corrected chi connectivity index (χ1v) is 15.0. The SMILES string of the molecule is C=CCC(C)(F)c1c(C(=O)NC[C@@H]2COCCO2)oc2c1-c1nn(CC3CCN(C(=O)C(=O)CC)CC3)cc1[C@H](C)C2. The molecular weight excluding hydrogens is 543 g/mol. The number of rotatable bonds is 10. The maximum Gasteiger partial charge on any atom is 0.289 e. The van der Waals surface area contributed by atoms with E-state index in [-0.39, 0.29) is 54.4 Å². The minimum atomic E-state index is -1.91. The van der Waals surface area contributed by atoms with Gasteiger partial charge in [-0.25, -0.2) is 4.39 Å². The van der Waals surface area contributed by atoms with Crippen molar-refractivity contribution >= 4 is 17.6 Å². The number of allylic oxidation sites excluding steroid dienone is 1. The van der Waals surface area contributed by atoms with Gasteiger partial charge < -0.3 is 24.1 Å². The van der Waals surface area contributed by atoms with E-state index in [1.54, 1.807) is 11.8 Å². The number of hydrogen-bond acceptors (Lipinski definition) is 7. The Bertz CT molecular complexity index is 1330. The van der Waals surface area contributed by atoms with Crippen molar-refractivity contribution in [3.05, 3.63) is 41.5 Å². The number of nitrogens with one attached hydrogen (secondary N) is 1. The van der Waals surface area contributed by atoms with E-state index in [0.29, 0.717) is 62.9 Å². The molecule has 42 heavy (non-hydrogen) atoms. The van der Waals surface area contributed by atoms with Crippen LogP contribution in [0.3, 0.4) is 0 Å². The molecule has 1 N–H and O–H groups in total. The average Bonchev–Trinajstić information content (AvgIpc) is 3.58. The predicted molar refractivity (Wildman–Crippen MR) is 153 cm³/mol. The van der Waals surface area contributed by atoms with Crippen LogP contribution < -0.4 is 5.32 Å². The van der Waals surface area contributed by atoms with Gasteiger partial charge in [0.15, 0.2) is 5.76 Å². The lowest BCUT2D eigenvalue weighted by atomic mass is 9.81. The highest BCUT2D eigenvalue weighted by Gasteiger charge is 2.42. The Balaban J connectivity index is 1.39. The van der Waals surface area contributed by atoms with Gasteiger partial charge in [0.1, 0.15) is 11.4 Å². The molecule has 0 aromatic carbocycles. The number of Topliss-reactive ketones (excluding diaryl/α,β-unsaturated/α-hetero) is 1. The van der Waals surface area contributed by atoms with E-state index in [1.165, 1.54) is 13.0 Å². The average molecular weight is 585 g/mol. The fourth-order valence-corrected chi connectivity index (χ4v) is 6.23. The molecule has 3 atom stereocenters. The largest absolute Gasteiger partial charge is 0.455 e. The molecule has 1 aliphatic carbocycles. The molecule has 0 saturated carbocycles. The van der Waals surface area contributed by atoms with Crippen LogP contribution in [-0.2, 0) is 37.7 Å². The molecular formula is C31H41FN4O6. The fraction of sp³-hybridized carbons (Fsp3) is 0.613. The highest BCUT2D eigenvalue weighted by atomic mass is 19.1. The van der Waals surface area contributed by atoms with Gasteiger partial charge in [0.2, 0.25) is 5.78 Å². The fourth-order valence-electron chi connectivity index (χ4n) is 6.23. The third-order valence-corrected chi connectivity index (χ3v) is 8.57. The molecule has 2 fully saturated rings. The summed E-state index contributed by atoms with van der Waals surface area (Å²) in [7, 11) is 0. The molecule has 0 bridgehead atoms. The molecule has 2 aromatic heterocycles. The quantitative estimate of drug-likeness (QED) is 0.332. The Morgan fingerprint density at radius 3 is 2.69 bits per heavy atom. The molecule has 0 radical (unpaired) electrons. The summed E-state index contributed by atoms with van der Waals surface area (Å²) < 4.78 is 35.5. The van der Waals surface area contributed by atoms with Crippen molar-refractivity contribution in [1.82, 2.24) is 20.0 Å². The number of carbonyl (C=O) groups is 3. The summed E-state index contributed by atoms with van der Waals surface area (Å²) in [6, 6.07) is 0. The van der Waals surface area contributed by atoms with Crippen molar-refractivity contribution in [2.24, 2.45) is 5.92 Å². The number of ether oxygens (including phenoxy) is 2. The lowest BCUT2D eigenvalue weighted by molar-refractivity contribution is -0.145. The number of amides is 2. The summed E-state index contributed by atoms with van der Waals surface area (Å²) in [4.78, 5) is 39.2. The summed E-state index contributed by atoms with van der Waals surface area (Å²) in [5.41, 5.74) is 0.461. The zero-order valence-electron chi connectivity index (χ0n) is 24.7. The summed E-state index contributed by atoms with van der Waals surface area (Å²) in [5.74, 6) is -0.394. The summed E-state index contributed by atoms with van der Waals surface area (Å²) >= 11 is 0. The third-order valence-electron chi connectivity index (χ3n) is 8.57.